The molecule has 0 bridgehead atoms. The van der Waals surface area contributed by atoms with Gasteiger partial charge in [0.15, 0.2) is 0 Å². The molecule has 0 spiro atoms. The summed E-state index contributed by atoms with van der Waals surface area (Å²) in [6.45, 7) is 5.11. The Hall–Kier alpha value is -0.670. The highest BCUT2D eigenvalue weighted by Crippen LogP contribution is 2.32. The molecule has 90 valence electrons. The number of hydrogen-bond donors (Lipinski definition) is 1. The number of nitrogens with one attached hydrogen (secondary N) is 1. The van der Waals surface area contributed by atoms with Gasteiger partial charge in [0.05, 0.1) is 6.54 Å². The molecule has 0 amide bonds. The number of hydrogen-bond acceptors (Lipinski definition) is 1. The van der Waals surface area contributed by atoms with Crippen molar-refractivity contribution in [2.24, 2.45) is 0 Å². The van der Waals surface area contributed by atoms with Crippen LogP contribution in [0.15, 0.2) is 24.3 Å². The van der Waals surface area contributed by atoms with Gasteiger partial charge >= 0.3 is 0 Å². The molecule has 0 aliphatic carbocycles. The fourth-order valence-corrected chi connectivity index (χ4v) is 1.50. The Kier molecular flexibility index (Phi) is 3.92. The van der Waals surface area contributed by atoms with Gasteiger partial charge in [0.2, 0.25) is 0 Å². The van der Waals surface area contributed by atoms with Crippen LogP contribution in [-0.2, 0) is 5.92 Å². The van der Waals surface area contributed by atoms with Crippen LogP contribution in [0.4, 0.5) is 8.78 Å². The predicted octanol–water partition coefficient (Wildman–Crippen LogP) is 3.82. The molecule has 1 aromatic carbocycles. The summed E-state index contributed by atoms with van der Waals surface area (Å²) in [5, 5.41) is 2.88. The number of halogens is 3. The second-order valence-electron chi connectivity index (χ2n) is 4.79. The van der Waals surface area contributed by atoms with Crippen LogP contribution in [0, 0.1) is 0 Å². The number of benzene rings is 1. The van der Waals surface area contributed by atoms with Crippen molar-refractivity contribution in [2.45, 2.75) is 32.2 Å². The second-order valence-corrected chi connectivity index (χ2v) is 5.20. The first-order valence-electron chi connectivity index (χ1n) is 5.10. The summed E-state index contributed by atoms with van der Waals surface area (Å²) in [6, 6.07) is 6.03. The highest BCUT2D eigenvalue weighted by molar-refractivity contribution is 6.31. The Morgan fingerprint density at radius 2 is 1.75 bits per heavy atom. The first kappa shape index (κ1) is 13.4. The van der Waals surface area contributed by atoms with E-state index in [2.05, 4.69) is 5.32 Å². The van der Waals surface area contributed by atoms with Gasteiger partial charge in [-0.15, -0.1) is 0 Å². The molecule has 0 aliphatic heterocycles. The van der Waals surface area contributed by atoms with E-state index in [1.165, 1.54) is 12.1 Å². The van der Waals surface area contributed by atoms with Gasteiger partial charge in [-0.05, 0) is 26.8 Å². The molecule has 0 atom stereocenters. The van der Waals surface area contributed by atoms with Crippen LogP contribution >= 0.6 is 11.6 Å². The molecule has 16 heavy (non-hydrogen) atoms. The topological polar surface area (TPSA) is 12.0 Å². The van der Waals surface area contributed by atoms with Gasteiger partial charge in [-0.1, -0.05) is 29.8 Å². The fourth-order valence-electron chi connectivity index (χ4n) is 1.23. The molecule has 0 aromatic heterocycles. The normalized spacial score (nSPS) is 12.9. The predicted molar refractivity (Wildman–Crippen MR) is 63.1 cm³/mol. The number of alkyl halides is 2. The van der Waals surface area contributed by atoms with Crippen LogP contribution in [0.5, 0.6) is 0 Å². The minimum Gasteiger partial charge on any atom is -0.306 e. The maximum Gasteiger partial charge on any atom is 0.286 e. The van der Waals surface area contributed by atoms with Crippen molar-refractivity contribution in [3.63, 3.8) is 0 Å². The third-order valence-electron chi connectivity index (χ3n) is 2.11. The summed E-state index contributed by atoms with van der Waals surface area (Å²) in [7, 11) is 0. The van der Waals surface area contributed by atoms with E-state index in [-0.39, 0.29) is 16.1 Å². The smallest absolute Gasteiger partial charge is 0.286 e. The first-order valence-corrected chi connectivity index (χ1v) is 5.48. The van der Waals surface area contributed by atoms with E-state index >= 15 is 0 Å². The van der Waals surface area contributed by atoms with Gasteiger partial charge in [0.1, 0.15) is 0 Å². The van der Waals surface area contributed by atoms with E-state index in [0.29, 0.717) is 0 Å². The molecule has 0 aliphatic rings. The summed E-state index contributed by atoms with van der Waals surface area (Å²) >= 11 is 5.75. The minimum absolute atomic E-state index is 0.100. The summed E-state index contributed by atoms with van der Waals surface area (Å²) in [6.07, 6.45) is 0. The molecule has 1 nitrogen and oxygen atoms in total. The highest BCUT2D eigenvalue weighted by atomic mass is 35.5. The van der Waals surface area contributed by atoms with Gasteiger partial charge in [-0.25, -0.2) is 0 Å². The Labute approximate surface area is 99.8 Å². The van der Waals surface area contributed by atoms with E-state index in [4.69, 9.17) is 11.6 Å². The van der Waals surface area contributed by atoms with E-state index < -0.39 is 12.5 Å². The molecule has 0 unspecified atom stereocenters. The van der Waals surface area contributed by atoms with Crippen molar-refractivity contribution in [1.29, 1.82) is 0 Å². The standard InChI is InChI=1S/C12H16ClF2N/c1-11(2,3)16-8-12(14,15)9-6-4-5-7-10(9)13/h4-7,16H,8H2,1-3H3. The van der Waals surface area contributed by atoms with Crippen LogP contribution in [0.3, 0.4) is 0 Å². The Bertz CT molecular complexity index is 358. The lowest BCUT2D eigenvalue weighted by molar-refractivity contribution is -0.00849. The van der Waals surface area contributed by atoms with Gasteiger partial charge in [0.25, 0.3) is 5.92 Å². The van der Waals surface area contributed by atoms with Gasteiger partial charge in [0, 0.05) is 16.1 Å². The van der Waals surface area contributed by atoms with E-state index in [0.717, 1.165) is 0 Å². The van der Waals surface area contributed by atoms with Crippen molar-refractivity contribution >= 4 is 11.6 Å². The molecule has 0 heterocycles. The van der Waals surface area contributed by atoms with Gasteiger partial charge in [-0.3, -0.25) is 0 Å². The van der Waals surface area contributed by atoms with E-state index in [1.54, 1.807) is 12.1 Å². The Morgan fingerprint density at radius 3 is 2.25 bits per heavy atom. The van der Waals surface area contributed by atoms with Crippen LogP contribution in [-0.4, -0.2) is 12.1 Å². The zero-order valence-electron chi connectivity index (χ0n) is 9.65. The monoisotopic (exact) mass is 247 g/mol. The molecule has 4 heteroatoms. The zero-order valence-corrected chi connectivity index (χ0v) is 10.4. The molecular weight excluding hydrogens is 232 g/mol. The fraction of sp³-hybridized carbons (Fsp3) is 0.500. The van der Waals surface area contributed by atoms with Crippen LogP contribution in [0.2, 0.25) is 5.02 Å². The molecule has 1 rings (SSSR count). The average Bonchev–Trinajstić information content (AvgIpc) is 2.14. The van der Waals surface area contributed by atoms with Crippen LogP contribution in [0.25, 0.3) is 0 Å². The average molecular weight is 248 g/mol. The van der Waals surface area contributed by atoms with E-state index in [1.807, 2.05) is 20.8 Å². The van der Waals surface area contributed by atoms with Gasteiger partial charge < -0.3 is 5.32 Å². The maximum absolute atomic E-state index is 13.8. The van der Waals surface area contributed by atoms with Crippen molar-refractivity contribution < 1.29 is 8.78 Å². The summed E-state index contributed by atoms with van der Waals surface area (Å²) in [4.78, 5) is 0. The van der Waals surface area contributed by atoms with E-state index in [9.17, 15) is 8.78 Å². The molecule has 0 saturated heterocycles. The molecule has 1 aromatic rings. The Balaban J connectivity index is 2.82. The van der Waals surface area contributed by atoms with Crippen molar-refractivity contribution in [2.75, 3.05) is 6.54 Å². The largest absolute Gasteiger partial charge is 0.306 e. The van der Waals surface area contributed by atoms with Crippen molar-refractivity contribution in [1.82, 2.24) is 5.32 Å². The van der Waals surface area contributed by atoms with Crippen LogP contribution < -0.4 is 5.32 Å². The van der Waals surface area contributed by atoms with Crippen LogP contribution in [0.1, 0.15) is 26.3 Å². The lowest BCUT2D eigenvalue weighted by atomic mass is 10.1. The SMILES string of the molecule is CC(C)(C)NCC(F)(F)c1ccccc1Cl. The highest BCUT2D eigenvalue weighted by Gasteiger charge is 2.34. The summed E-state index contributed by atoms with van der Waals surface area (Å²) in [5.74, 6) is -2.95. The zero-order chi connectivity index (χ0) is 12.4. The van der Waals surface area contributed by atoms with Crippen molar-refractivity contribution in [3.8, 4) is 0 Å². The third-order valence-corrected chi connectivity index (χ3v) is 2.44. The molecule has 0 saturated carbocycles. The third kappa shape index (κ3) is 3.72. The lowest BCUT2D eigenvalue weighted by Crippen LogP contribution is -2.42. The maximum atomic E-state index is 13.8. The first-order chi connectivity index (χ1) is 7.22. The Morgan fingerprint density at radius 1 is 1.19 bits per heavy atom. The summed E-state index contributed by atoms with van der Waals surface area (Å²) < 4.78 is 27.6. The summed E-state index contributed by atoms with van der Waals surface area (Å²) in [5.41, 5.74) is -0.474. The van der Waals surface area contributed by atoms with Crippen molar-refractivity contribution in [3.05, 3.63) is 34.9 Å². The van der Waals surface area contributed by atoms with Gasteiger partial charge in [-0.2, -0.15) is 8.78 Å². The quantitative estimate of drug-likeness (QED) is 0.856. The minimum atomic E-state index is -2.95. The molecular formula is C12H16ClF2N. The molecule has 0 radical (unpaired) electrons. The molecule has 1 N–H and O–H groups in total. The number of rotatable bonds is 3. The lowest BCUT2D eigenvalue weighted by Gasteiger charge is -2.25. The molecule has 0 fully saturated rings. The second kappa shape index (κ2) is 4.68.